The Bertz CT molecular complexity index is 1500. The molecule has 0 fully saturated rings. The van der Waals surface area contributed by atoms with Gasteiger partial charge < -0.3 is 4.74 Å². The third-order valence-corrected chi connectivity index (χ3v) is 7.18. The van der Waals surface area contributed by atoms with Gasteiger partial charge in [-0.1, -0.05) is 64.5 Å². The Morgan fingerprint density at radius 2 is 1.50 bits per heavy atom. The maximum atomic E-state index is 13.2. The molecule has 0 saturated carbocycles. The van der Waals surface area contributed by atoms with Crippen LogP contribution >= 0.6 is 15.9 Å². The van der Waals surface area contributed by atoms with Gasteiger partial charge in [-0.15, -0.1) is 0 Å². The van der Waals surface area contributed by atoms with Gasteiger partial charge in [0, 0.05) is 21.5 Å². The van der Waals surface area contributed by atoms with Crippen LogP contribution in [0, 0.1) is 0 Å². The minimum absolute atomic E-state index is 0.125. The predicted octanol–water partition coefficient (Wildman–Crippen LogP) is 6.46. The molecule has 164 valence electrons. The second-order valence-electron chi connectivity index (χ2n) is 8.50. The number of halogens is 1. The van der Waals surface area contributed by atoms with Crippen LogP contribution in [0.5, 0.6) is 5.75 Å². The van der Waals surface area contributed by atoms with Crippen molar-refractivity contribution in [2.75, 3.05) is 7.11 Å². The number of fused-ring (bicyclic) bond motifs is 4. The lowest BCUT2D eigenvalue weighted by atomic mass is 9.75. The molecule has 4 heteroatoms. The van der Waals surface area contributed by atoms with Crippen LogP contribution in [0.1, 0.15) is 28.2 Å². The van der Waals surface area contributed by atoms with Crippen LogP contribution in [0.3, 0.4) is 0 Å². The van der Waals surface area contributed by atoms with Crippen molar-refractivity contribution in [3.63, 3.8) is 0 Å². The number of methoxy groups -OCH3 is 1. The quantitative estimate of drug-likeness (QED) is 0.409. The molecule has 0 spiro atoms. The van der Waals surface area contributed by atoms with Crippen molar-refractivity contribution in [3.05, 3.63) is 134 Å². The van der Waals surface area contributed by atoms with Crippen LogP contribution in [-0.4, -0.2) is 18.7 Å². The zero-order valence-corrected chi connectivity index (χ0v) is 19.9. The number of rotatable bonds is 3. The molecule has 3 aromatic rings. The molecule has 0 heterocycles. The fourth-order valence-corrected chi connectivity index (χ4v) is 5.61. The summed E-state index contributed by atoms with van der Waals surface area (Å²) in [5, 5.41) is 0. The van der Waals surface area contributed by atoms with Crippen LogP contribution in [-0.2, 0) is 9.59 Å². The first-order valence-corrected chi connectivity index (χ1v) is 11.8. The van der Waals surface area contributed by atoms with Gasteiger partial charge >= 0.3 is 0 Å². The molecular formula is C30H19BrO3. The predicted molar refractivity (Wildman–Crippen MR) is 136 cm³/mol. The Balaban J connectivity index is 1.68. The maximum absolute atomic E-state index is 13.2. The van der Waals surface area contributed by atoms with Crippen molar-refractivity contribution in [1.29, 1.82) is 0 Å². The first-order chi connectivity index (χ1) is 16.6. The van der Waals surface area contributed by atoms with E-state index in [0.717, 1.165) is 49.2 Å². The summed E-state index contributed by atoms with van der Waals surface area (Å²) in [6.07, 6.45) is 4.90. The lowest BCUT2D eigenvalue weighted by molar-refractivity contribution is -0.115. The number of ketones is 2. The van der Waals surface area contributed by atoms with Crippen molar-refractivity contribution < 1.29 is 14.3 Å². The SMILES string of the molecule is COc1ccc(C2=C3C(=O)C=CC(=O)C3=C3C=C(c4ccccc4)c4ccc(Br)cc4C32)cc1. The number of benzene rings is 3. The third-order valence-electron chi connectivity index (χ3n) is 6.69. The van der Waals surface area contributed by atoms with Gasteiger partial charge in [0.15, 0.2) is 11.6 Å². The molecule has 1 atom stereocenters. The summed E-state index contributed by atoms with van der Waals surface area (Å²) >= 11 is 3.64. The molecule has 0 bridgehead atoms. The third kappa shape index (κ3) is 3.10. The number of hydrogen-bond donors (Lipinski definition) is 0. The van der Waals surface area contributed by atoms with Crippen molar-refractivity contribution in [2.24, 2.45) is 0 Å². The molecule has 3 aliphatic rings. The lowest BCUT2D eigenvalue weighted by Gasteiger charge is -2.28. The van der Waals surface area contributed by atoms with E-state index in [4.69, 9.17) is 4.74 Å². The van der Waals surface area contributed by atoms with Gasteiger partial charge in [0.05, 0.1) is 7.11 Å². The summed E-state index contributed by atoms with van der Waals surface area (Å²) in [6.45, 7) is 0. The van der Waals surface area contributed by atoms with Crippen molar-refractivity contribution >= 4 is 38.6 Å². The summed E-state index contributed by atoms with van der Waals surface area (Å²) in [5.41, 5.74) is 7.98. The lowest BCUT2D eigenvalue weighted by Crippen LogP contribution is -2.14. The summed E-state index contributed by atoms with van der Waals surface area (Å²) in [4.78, 5) is 26.4. The van der Waals surface area contributed by atoms with E-state index >= 15 is 0 Å². The average Bonchev–Trinajstić information content (AvgIpc) is 3.23. The highest BCUT2D eigenvalue weighted by Crippen LogP contribution is 2.55. The summed E-state index contributed by atoms with van der Waals surface area (Å²) in [6, 6.07) is 24.1. The summed E-state index contributed by atoms with van der Waals surface area (Å²) in [5.74, 6) is 0.268. The highest BCUT2D eigenvalue weighted by atomic mass is 79.9. The Morgan fingerprint density at radius 1 is 0.794 bits per heavy atom. The van der Waals surface area contributed by atoms with E-state index in [1.165, 1.54) is 12.2 Å². The number of carbonyl (C=O) groups excluding carboxylic acids is 2. The fraction of sp³-hybridized carbons (Fsp3) is 0.0667. The molecule has 1 unspecified atom stereocenters. The van der Waals surface area contributed by atoms with E-state index in [9.17, 15) is 9.59 Å². The Kier molecular flexibility index (Phi) is 4.85. The number of allylic oxidation sites excluding steroid dienone is 7. The maximum Gasteiger partial charge on any atom is 0.187 e. The van der Waals surface area contributed by atoms with Gasteiger partial charge in [-0.2, -0.15) is 0 Å². The van der Waals surface area contributed by atoms with Gasteiger partial charge in [-0.25, -0.2) is 0 Å². The Morgan fingerprint density at radius 3 is 2.21 bits per heavy atom. The normalized spacial score (nSPS) is 18.5. The molecule has 0 radical (unpaired) electrons. The minimum atomic E-state index is -0.217. The smallest absolute Gasteiger partial charge is 0.187 e. The fourth-order valence-electron chi connectivity index (χ4n) is 5.23. The monoisotopic (exact) mass is 506 g/mol. The average molecular weight is 507 g/mol. The zero-order chi connectivity index (χ0) is 23.4. The Labute approximate surface area is 205 Å². The van der Waals surface area contributed by atoms with Crippen LogP contribution < -0.4 is 4.74 Å². The molecule has 3 aliphatic carbocycles. The van der Waals surface area contributed by atoms with Crippen molar-refractivity contribution in [3.8, 4) is 5.75 Å². The second-order valence-corrected chi connectivity index (χ2v) is 9.41. The van der Waals surface area contributed by atoms with Gasteiger partial charge in [0.1, 0.15) is 5.75 Å². The summed E-state index contributed by atoms with van der Waals surface area (Å²) < 4.78 is 6.30. The van der Waals surface area contributed by atoms with Crippen LogP contribution in [0.25, 0.3) is 11.1 Å². The van der Waals surface area contributed by atoms with Gasteiger partial charge in [0.2, 0.25) is 0 Å². The van der Waals surface area contributed by atoms with Crippen LogP contribution in [0.4, 0.5) is 0 Å². The Hall–Kier alpha value is -3.76. The molecule has 0 amide bonds. The van der Waals surface area contributed by atoms with E-state index < -0.39 is 0 Å². The van der Waals surface area contributed by atoms with E-state index in [1.54, 1.807) is 7.11 Å². The second kappa shape index (κ2) is 7.93. The molecule has 34 heavy (non-hydrogen) atoms. The molecule has 0 aliphatic heterocycles. The number of carbonyl (C=O) groups is 2. The largest absolute Gasteiger partial charge is 0.497 e. The van der Waals surface area contributed by atoms with Gasteiger partial charge in [-0.05, 0) is 81.5 Å². The molecular weight excluding hydrogens is 488 g/mol. The van der Waals surface area contributed by atoms with Crippen LogP contribution in [0.2, 0.25) is 0 Å². The molecule has 0 saturated heterocycles. The molecule has 3 aromatic carbocycles. The molecule has 0 N–H and O–H groups in total. The summed E-state index contributed by atoms with van der Waals surface area (Å²) in [7, 11) is 1.63. The van der Waals surface area contributed by atoms with Gasteiger partial charge in [0.25, 0.3) is 0 Å². The van der Waals surface area contributed by atoms with E-state index in [2.05, 4.69) is 46.3 Å². The van der Waals surface area contributed by atoms with E-state index in [1.807, 2.05) is 48.5 Å². The molecule has 0 aromatic heterocycles. The minimum Gasteiger partial charge on any atom is -0.497 e. The number of ether oxygens (including phenoxy) is 1. The van der Waals surface area contributed by atoms with Crippen molar-refractivity contribution in [2.45, 2.75) is 5.92 Å². The van der Waals surface area contributed by atoms with E-state index in [-0.39, 0.29) is 17.5 Å². The van der Waals surface area contributed by atoms with Gasteiger partial charge in [-0.3, -0.25) is 9.59 Å². The molecule has 6 rings (SSSR count). The first kappa shape index (κ1) is 20.8. The highest BCUT2D eigenvalue weighted by molar-refractivity contribution is 9.10. The zero-order valence-electron chi connectivity index (χ0n) is 18.3. The first-order valence-electron chi connectivity index (χ1n) is 11.0. The molecule has 3 nitrogen and oxygen atoms in total. The highest BCUT2D eigenvalue weighted by Gasteiger charge is 2.43. The van der Waals surface area contributed by atoms with E-state index in [0.29, 0.717) is 11.1 Å². The van der Waals surface area contributed by atoms with Crippen LogP contribution in [0.15, 0.2) is 112 Å². The van der Waals surface area contributed by atoms with Crippen molar-refractivity contribution in [1.82, 2.24) is 0 Å². The topological polar surface area (TPSA) is 43.4 Å². The number of hydrogen-bond acceptors (Lipinski definition) is 3. The standard InChI is InChI=1S/C30H19BrO3/c1-34-20-10-7-18(8-11-20)27-28-23-15-19(31)9-12-21(23)22(17-5-3-2-4-6-17)16-24(28)29-25(32)13-14-26(33)30(27)29/h2-16,28H,1H3.